The number of aryl methyl sites for hydroxylation is 1. The monoisotopic (exact) mass is 203 g/mol. The van der Waals surface area contributed by atoms with Crippen LogP contribution in [0.1, 0.15) is 31.9 Å². The van der Waals surface area contributed by atoms with Crippen LogP contribution in [0.25, 0.3) is 0 Å². The van der Waals surface area contributed by atoms with Crippen LogP contribution in [0.15, 0.2) is 18.2 Å². The molecule has 1 aromatic carbocycles. The molecule has 2 nitrogen and oxygen atoms in total. The lowest BCUT2D eigenvalue weighted by molar-refractivity contribution is 0.355. The Morgan fingerprint density at radius 3 is 2.53 bits per heavy atom. The first kappa shape index (κ1) is 11.6. The Hall–Kier alpha value is -1.49. The minimum absolute atomic E-state index is 0.0378. The summed E-state index contributed by atoms with van der Waals surface area (Å²) >= 11 is 0. The van der Waals surface area contributed by atoms with Gasteiger partial charge in [0.1, 0.15) is 11.8 Å². The van der Waals surface area contributed by atoms with Gasteiger partial charge in [0.2, 0.25) is 0 Å². The van der Waals surface area contributed by atoms with Gasteiger partial charge < -0.3 is 4.74 Å². The molecule has 0 saturated carbocycles. The van der Waals surface area contributed by atoms with Crippen molar-refractivity contribution in [3.63, 3.8) is 0 Å². The number of hydrogen-bond acceptors (Lipinski definition) is 2. The number of hydrogen-bond donors (Lipinski definition) is 0. The SMILES string of the molecule is Cc1cccc(OCC#N)c1C(C)(C)C. The molecule has 0 spiro atoms. The van der Waals surface area contributed by atoms with Crippen LogP contribution in [0.3, 0.4) is 0 Å². The van der Waals surface area contributed by atoms with Crippen molar-refractivity contribution in [2.75, 3.05) is 6.61 Å². The highest BCUT2D eigenvalue weighted by atomic mass is 16.5. The largest absolute Gasteiger partial charge is 0.478 e. The van der Waals surface area contributed by atoms with Crippen LogP contribution in [0.4, 0.5) is 0 Å². The molecule has 0 N–H and O–H groups in total. The molecule has 1 aromatic rings. The molecule has 0 bridgehead atoms. The lowest BCUT2D eigenvalue weighted by atomic mass is 9.83. The first-order chi connectivity index (χ1) is 6.96. The van der Waals surface area contributed by atoms with Crippen LogP contribution in [0.5, 0.6) is 5.75 Å². The van der Waals surface area contributed by atoms with Gasteiger partial charge >= 0.3 is 0 Å². The van der Waals surface area contributed by atoms with E-state index in [-0.39, 0.29) is 12.0 Å². The van der Waals surface area contributed by atoms with Gasteiger partial charge in [0.15, 0.2) is 6.61 Å². The van der Waals surface area contributed by atoms with E-state index in [4.69, 9.17) is 10.00 Å². The maximum absolute atomic E-state index is 8.52. The standard InChI is InChI=1S/C13H17NO/c1-10-6-5-7-11(15-9-8-14)12(10)13(2,3)4/h5-7H,9H2,1-4H3. The molecule has 2 heteroatoms. The Morgan fingerprint density at radius 2 is 2.00 bits per heavy atom. The molecule has 0 atom stereocenters. The van der Waals surface area contributed by atoms with Crippen molar-refractivity contribution in [1.82, 2.24) is 0 Å². The fraction of sp³-hybridized carbons (Fsp3) is 0.462. The van der Waals surface area contributed by atoms with Crippen molar-refractivity contribution in [3.05, 3.63) is 29.3 Å². The molecule has 0 aliphatic heterocycles. The highest BCUT2D eigenvalue weighted by Gasteiger charge is 2.20. The maximum Gasteiger partial charge on any atom is 0.174 e. The van der Waals surface area contributed by atoms with Gasteiger partial charge in [-0.2, -0.15) is 5.26 Å². The van der Waals surface area contributed by atoms with Crippen LogP contribution >= 0.6 is 0 Å². The van der Waals surface area contributed by atoms with Gasteiger partial charge in [0.25, 0.3) is 0 Å². The van der Waals surface area contributed by atoms with Crippen LogP contribution < -0.4 is 4.74 Å². The van der Waals surface area contributed by atoms with Gasteiger partial charge in [-0.1, -0.05) is 32.9 Å². The zero-order valence-electron chi connectivity index (χ0n) is 9.79. The molecule has 0 aliphatic rings. The number of rotatable bonds is 2. The Labute approximate surface area is 91.5 Å². The van der Waals surface area contributed by atoms with Gasteiger partial charge in [-0.25, -0.2) is 0 Å². The third-order valence-electron chi connectivity index (χ3n) is 2.28. The molecule has 15 heavy (non-hydrogen) atoms. The maximum atomic E-state index is 8.52. The topological polar surface area (TPSA) is 33.0 Å². The lowest BCUT2D eigenvalue weighted by Gasteiger charge is -2.24. The summed E-state index contributed by atoms with van der Waals surface area (Å²) in [7, 11) is 0. The summed E-state index contributed by atoms with van der Waals surface area (Å²) in [5.41, 5.74) is 2.43. The van der Waals surface area contributed by atoms with Gasteiger partial charge in [-0.3, -0.25) is 0 Å². The van der Waals surface area contributed by atoms with Crippen molar-refractivity contribution < 1.29 is 4.74 Å². The van der Waals surface area contributed by atoms with E-state index in [1.807, 2.05) is 18.2 Å². The zero-order valence-corrected chi connectivity index (χ0v) is 9.79. The molecule has 1 rings (SSSR count). The minimum atomic E-state index is 0.0378. The van der Waals surface area contributed by atoms with E-state index in [9.17, 15) is 0 Å². The van der Waals surface area contributed by atoms with E-state index in [0.29, 0.717) is 0 Å². The Morgan fingerprint density at radius 1 is 1.33 bits per heavy atom. The van der Waals surface area contributed by atoms with Gasteiger partial charge in [-0.15, -0.1) is 0 Å². The lowest BCUT2D eigenvalue weighted by Crippen LogP contribution is -2.15. The first-order valence-electron chi connectivity index (χ1n) is 5.06. The Kier molecular flexibility index (Phi) is 3.36. The van der Waals surface area contributed by atoms with Crippen molar-refractivity contribution in [2.45, 2.75) is 33.1 Å². The molecular weight excluding hydrogens is 186 g/mol. The Bertz CT molecular complexity index is 383. The first-order valence-corrected chi connectivity index (χ1v) is 5.06. The minimum Gasteiger partial charge on any atom is -0.478 e. The normalized spacial score (nSPS) is 10.9. The molecule has 80 valence electrons. The van der Waals surface area contributed by atoms with Crippen LogP contribution in [-0.2, 0) is 5.41 Å². The molecule has 0 amide bonds. The van der Waals surface area contributed by atoms with Crippen molar-refractivity contribution in [2.24, 2.45) is 0 Å². The van der Waals surface area contributed by atoms with Crippen LogP contribution in [0, 0.1) is 18.3 Å². The number of nitriles is 1. The molecule has 0 aliphatic carbocycles. The average Bonchev–Trinajstić information content (AvgIpc) is 2.12. The van der Waals surface area contributed by atoms with E-state index in [2.05, 4.69) is 33.8 Å². The van der Waals surface area contributed by atoms with Gasteiger partial charge in [-0.05, 0) is 24.0 Å². The summed E-state index contributed by atoms with van der Waals surface area (Å²) in [6, 6.07) is 7.94. The fourth-order valence-electron chi connectivity index (χ4n) is 1.83. The van der Waals surface area contributed by atoms with E-state index in [1.165, 1.54) is 11.1 Å². The number of ether oxygens (including phenoxy) is 1. The van der Waals surface area contributed by atoms with Crippen LogP contribution in [0.2, 0.25) is 0 Å². The Balaban J connectivity index is 3.16. The van der Waals surface area contributed by atoms with Gasteiger partial charge in [0.05, 0.1) is 0 Å². The number of nitrogens with zero attached hydrogens (tertiary/aromatic N) is 1. The predicted molar refractivity (Wildman–Crippen MR) is 61.0 cm³/mol. The summed E-state index contributed by atoms with van der Waals surface area (Å²) in [6.07, 6.45) is 0. The molecule has 0 heterocycles. The predicted octanol–water partition coefficient (Wildman–Crippen LogP) is 3.19. The smallest absolute Gasteiger partial charge is 0.174 e. The second kappa shape index (κ2) is 4.35. The molecule has 0 unspecified atom stereocenters. The highest BCUT2D eigenvalue weighted by Crippen LogP contribution is 2.33. The molecule has 0 fully saturated rings. The quantitative estimate of drug-likeness (QED) is 0.739. The average molecular weight is 203 g/mol. The summed E-state index contributed by atoms with van der Waals surface area (Å²) in [6.45, 7) is 8.62. The van der Waals surface area contributed by atoms with Gasteiger partial charge in [0, 0.05) is 5.56 Å². The summed E-state index contributed by atoms with van der Waals surface area (Å²) in [5, 5.41) is 8.52. The zero-order chi connectivity index (χ0) is 11.5. The van der Waals surface area contributed by atoms with Crippen molar-refractivity contribution >= 4 is 0 Å². The molecular formula is C13H17NO. The summed E-state index contributed by atoms with van der Waals surface area (Å²) in [5.74, 6) is 0.823. The number of benzene rings is 1. The van der Waals surface area contributed by atoms with Crippen molar-refractivity contribution in [1.29, 1.82) is 5.26 Å². The molecule has 0 aromatic heterocycles. The fourth-order valence-corrected chi connectivity index (χ4v) is 1.83. The van der Waals surface area contributed by atoms with E-state index in [0.717, 1.165) is 5.75 Å². The van der Waals surface area contributed by atoms with E-state index in [1.54, 1.807) is 0 Å². The second-order valence-corrected chi connectivity index (χ2v) is 4.64. The molecule has 0 saturated heterocycles. The van der Waals surface area contributed by atoms with E-state index < -0.39 is 0 Å². The third-order valence-corrected chi connectivity index (χ3v) is 2.28. The molecule has 0 radical (unpaired) electrons. The van der Waals surface area contributed by atoms with Crippen LogP contribution in [-0.4, -0.2) is 6.61 Å². The van der Waals surface area contributed by atoms with Crippen molar-refractivity contribution in [3.8, 4) is 11.8 Å². The summed E-state index contributed by atoms with van der Waals surface area (Å²) < 4.78 is 5.43. The summed E-state index contributed by atoms with van der Waals surface area (Å²) in [4.78, 5) is 0. The van der Waals surface area contributed by atoms with E-state index >= 15 is 0 Å². The second-order valence-electron chi connectivity index (χ2n) is 4.64. The third kappa shape index (κ3) is 2.73. The highest BCUT2D eigenvalue weighted by molar-refractivity contribution is 5.44.